The summed E-state index contributed by atoms with van der Waals surface area (Å²) in [5, 5.41) is 12.2. The van der Waals surface area contributed by atoms with E-state index in [0.717, 1.165) is 39.0 Å². The minimum atomic E-state index is 0.296. The van der Waals surface area contributed by atoms with Crippen LogP contribution in [0.15, 0.2) is 0 Å². The average Bonchev–Trinajstić information content (AvgIpc) is 2.20. The molecule has 0 aromatic heterocycles. The Hall–Kier alpha value is -0.120. The van der Waals surface area contributed by atoms with E-state index in [1.54, 1.807) is 7.11 Å². The van der Waals surface area contributed by atoms with Gasteiger partial charge in [-0.3, -0.25) is 0 Å². The van der Waals surface area contributed by atoms with E-state index in [0.29, 0.717) is 12.0 Å². The predicted octanol–water partition coefficient (Wildman–Crippen LogP) is 1.80. The van der Waals surface area contributed by atoms with Gasteiger partial charge in [-0.1, -0.05) is 13.8 Å². The summed E-state index contributed by atoms with van der Waals surface area (Å²) in [5.74, 6) is 0. The van der Waals surface area contributed by atoms with Crippen LogP contribution in [0.1, 0.15) is 39.5 Å². The molecular weight excluding hydrogens is 190 g/mol. The average molecular weight is 217 g/mol. The van der Waals surface area contributed by atoms with Crippen molar-refractivity contribution in [2.75, 3.05) is 33.4 Å². The van der Waals surface area contributed by atoms with Crippen LogP contribution in [0.3, 0.4) is 0 Å². The summed E-state index contributed by atoms with van der Waals surface area (Å²) in [7, 11) is 1.74. The first-order valence-corrected chi connectivity index (χ1v) is 5.93. The van der Waals surface area contributed by atoms with Crippen LogP contribution in [0.25, 0.3) is 0 Å². The van der Waals surface area contributed by atoms with Crippen LogP contribution < -0.4 is 5.32 Å². The van der Waals surface area contributed by atoms with Crippen molar-refractivity contribution < 1.29 is 9.84 Å². The van der Waals surface area contributed by atoms with Crippen molar-refractivity contribution in [2.24, 2.45) is 5.41 Å². The minimum Gasteiger partial charge on any atom is -0.396 e. The number of methoxy groups -OCH3 is 1. The lowest BCUT2D eigenvalue weighted by Gasteiger charge is -2.24. The molecule has 0 saturated heterocycles. The number of hydrogen-bond acceptors (Lipinski definition) is 3. The van der Waals surface area contributed by atoms with Gasteiger partial charge in [0.15, 0.2) is 0 Å². The van der Waals surface area contributed by atoms with E-state index in [9.17, 15) is 0 Å². The van der Waals surface area contributed by atoms with Gasteiger partial charge in [-0.15, -0.1) is 0 Å². The molecule has 0 aliphatic heterocycles. The van der Waals surface area contributed by atoms with Gasteiger partial charge in [-0.2, -0.15) is 0 Å². The van der Waals surface area contributed by atoms with Crippen molar-refractivity contribution in [1.29, 1.82) is 0 Å². The van der Waals surface area contributed by atoms with Crippen molar-refractivity contribution in [3.63, 3.8) is 0 Å². The van der Waals surface area contributed by atoms with E-state index in [1.807, 2.05) is 0 Å². The Bertz CT molecular complexity index is 138. The highest BCUT2D eigenvalue weighted by Crippen LogP contribution is 2.20. The Kier molecular flexibility index (Phi) is 9.06. The fourth-order valence-corrected chi connectivity index (χ4v) is 1.57. The molecule has 0 aliphatic rings. The Morgan fingerprint density at radius 2 is 1.93 bits per heavy atom. The second-order valence-corrected chi connectivity index (χ2v) is 4.87. The van der Waals surface area contributed by atoms with Crippen LogP contribution in [-0.4, -0.2) is 38.5 Å². The van der Waals surface area contributed by atoms with Gasteiger partial charge in [0, 0.05) is 26.9 Å². The first-order chi connectivity index (χ1) is 7.12. The quantitative estimate of drug-likeness (QED) is 0.548. The third-order valence-corrected chi connectivity index (χ3v) is 2.57. The summed E-state index contributed by atoms with van der Waals surface area (Å²) in [4.78, 5) is 0. The Labute approximate surface area is 94.2 Å². The molecule has 0 amide bonds. The lowest BCUT2D eigenvalue weighted by molar-refractivity contribution is 0.191. The molecule has 0 aliphatic carbocycles. The van der Waals surface area contributed by atoms with Gasteiger partial charge in [0.05, 0.1) is 0 Å². The fraction of sp³-hybridized carbons (Fsp3) is 1.00. The van der Waals surface area contributed by atoms with Gasteiger partial charge in [-0.25, -0.2) is 0 Å². The van der Waals surface area contributed by atoms with E-state index in [-0.39, 0.29) is 0 Å². The lowest BCUT2D eigenvalue weighted by atomic mass is 9.88. The molecule has 15 heavy (non-hydrogen) atoms. The monoisotopic (exact) mass is 217 g/mol. The van der Waals surface area contributed by atoms with Crippen LogP contribution in [0, 0.1) is 5.41 Å². The molecule has 0 saturated carbocycles. The molecule has 0 aromatic rings. The number of aliphatic hydroxyl groups excluding tert-OH is 1. The third kappa shape index (κ3) is 10.2. The molecule has 0 heterocycles. The zero-order chi connectivity index (χ0) is 11.6. The lowest BCUT2D eigenvalue weighted by Crippen LogP contribution is -2.30. The molecule has 0 spiro atoms. The molecule has 0 rings (SSSR count). The first-order valence-electron chi connectivity index (χ1n) is 5.93. The molecule has 0 radical (unpaired) electrons. The summed E-state index contributed by atoms with van der Waals surface area (Å²) in [6.45, 7) is 7.73. The Balaban J connectivity index is 3.32. The zero-order valence-corrected chi connectivity index (χ0v) is 10.5. The van der Waals surface area contributed by atoms with Crippen molar-refractivity contribution in [1.82, 2.24) is 5.32 Å². The molecule has 0 atom stereocenters. The van der Waals surface area contributed by atoms with Crippen LogP contribution in [-0.2, 0) is 4.74 Å². The van der Waals surface area contributed by atoms with E-state index in [4.69, 9.17) is 9.84 Å². The van der Waals surface area contributed by atoms with Gasteiger partial charge < -0.3 is 15.2 Å². The summed E-state index contributed by atoms with van der Waals surface area (Å²) in [6.07, 6.45) is 4.28. The molecule has 0 unspecified atom stereocenters. The fourth-order valence-electron chi connectivity index (χ4n) is 1.57. The van der Waals surface area contributed by atoms with Crippen LogP contribution in [0.5, 0.6) is 0 Å². The second kappa shape index (κ2) is 9.13. The van der Waals surface area contributed by atoms with Crippen molar-refractivity contribution in [3.05, 3.63) is 0 Å². The standard InChI is InChI=1S/C12H27NO2/c1-12(2,7-6-9-14)11-13-8-4-5-10-15-3/h13-14H,4-11H2,1-3H3. The zero-order valence-electron chi connectivity index (χ0n) is 10.5. The molecular formula is C12H27NO2. The molecule has 0 bridgehead atoms. The van der Waals surface area contributed by atoms with Crippen molar-refractivity contribution in [3.8, 4) is 0 Å². The summed E-state index contributed by atoms with van der Waals surface area (Å²) < 4.78 is 4.99. The SMILES string of the molecule is COCCCCNCC(C)(C)CCCO. The van der Waals surface area contributed by atoms with E-state index in [2.05, 4.69) is 19.2 Å². The second-order valence-electron chi connectivity index (χ2n) is 4.87. The summed E-state index contributed by atoms with van der Waals surface area (Å²) >= 11 is 0. The highest BCUT2D eigenvalue weighted by molar-refractivity contribution is 4.71. The van der Waals surface area contributed by atoms with Crippen molar-refractivity contribution in [2.45, 2.75) is 39.5 Å². The number of rotatable bonds is 10. The predicted molar refractivity (Wildman–Crippen MR) is 64.1 cm³/mol. The summed E-state index contributed by atoms with van der Waals surface area (Å²) in [5.41, 5.74) is 0.296. The Morgan fingerprint density at radius 3 is 2.53 bits per heavy atom. The van der Waals surface area contributed by atoms with Gasteiger partial charge in [0.2, 0.25) is 0 Å². The first kappa shape index (κ1) is 14.9. The third-order valence-electron chi connectivity index (χ3n) is 2.57. The number of aliphatic hydroxyl groups is 1. The smallest absolute Gasteiger partial charge is 0.0462 e. The summed E-state index contributed by atoms with van der Waals surface area (Å²) in [6, 6.07) is 0. The van der Waals surface area contributed by atoms with Crippen LogP contribution >= 0.6 is 0 Å². The van der Waals surface area contributed by atoms with Crippen molar-refractivity contribution >= 4 is 0 Å². The van der Waals surface area contributed by atoms with Gasteiger partial charge in [-0.05, 0) is 37.6 Å². The maximum atomic E-state index is 8.76. The maximum Gasteiger partial charge on any atom is 0.0462 e. The number of unbranched alkanes of at least 4 members (excludes halogenated alkanes) is 1. The van der Waals surface area contributed by atoms with E-state index >= 15 is 0 Å². The number of nitrogens with one attached hydrogen (secondary N) is 1. The van der Waals surface area contributed by atoms with E-state index in [1.165, 1.54) is 6.42 Å². The minimum absolute atomic E-state index is 0.296. The van der Waals surface area contributed by atoms with Gasteiger partial charge in [0.25, 0.3) is 0 Å². The molecule has 0 aromatic carbocycles. The largest absolute Gasteiger partial charge is 0.396 e. The molecule has 92 valence electrons. The highest BCUT2D eigenvalue weighted by atomic mass is 16.5. The molecule has 3 heteroatoms. The van der Waals surface area contributed by atoms with E-state index < -0.39 is 0 Å². The number of hydrogen-bond donors (Lipinski definition) is 2. The Morgan fingerprint density at radius 1 is 1.20 bits per heavy atom. The molecule has 2 N–H and O–H groups in total. The van der Waals surface area contributed by atoms with Crippen LogP contribution in [0.2, 0.25) is 0 Å². The topological polar surface area (TPSA) is 41.5 Å². The normalized spacial score (nSPS) is 12.0. The number of ether oxygens (including phenoxy) is 1. The van der Waals surface area contributed by atoms with Gasteiger partial charge in [0.1, 0.15) is 0 Å². The van der Waals surface area contributed by atoms with Crippen LogP contribution in [0.4, 0.5) is 0 Å². The van der Waals surface area contributed by atoms with Gasteiger partial charge >= 0.3 is 0 Å². The highest BCUT2D eigenvalue weighted by Gasteiger charge is 2.15. The molecule has 0 fully saturated rings. The maximum absolute atomic E-state index is 8.76. The molecule has 3 nitrogen and oxygen atoms in total.